The van der Waals surface area contributed by atoms with Crippen LogP contribution in [-0.4, -0.2) is 25.2 Å². The minimum absolute atomic E-state index is 0.252. The van der Waals surface area contributed by atoms with Crippen molar-refractivity contribution in [2.45, 2.75) is 51.4 Å². The van der Waals surface area contributed by atoms with Crippen LogP contribution in [0.1, 0.15) is 67.3 Å². The number of hydrogen-bond donors (Lipinski definition) is 0. The quantitative estimate of drug-likeness (QED) is 0.0825. The van der Waals surface area contributed by atoms with Gasteiger partial charge in [0.05, 0.1) is 24.3 Å². The molecular weight excluding hydrogens is 490 g/mol. The Morgan fingerprint density at radius 1 is 0.744 bits per heavy atom. The van der Waals surface area contributed by atoms with Crippen LogP contribution in [0.5, 0.6) is 11.5 Å². The molecule has 3 rings (SSSR count). The van der Waals surface area contributed by atoms with E-state index in [0.717, 1.165) is 49.0 Å². The van der Waals surface area contributed by atoms with Gasteiger partial charge in [-0.05, 0) is 60.4 Å². The largest absolute Gasteiger partial charge is 0.494 e. The van der Waals surface area contributed by atoms with Gasteiger partial charge in [-0.15, -0.1) is 0 Å². The van der Waals surface area contributed by atoms with Crippen molar-refractivity contribution in [3.8, 4) is 28.7 Å². The number of nitriles is 1. The minimum atomic E-state index is -0.503. The number of rotatable bonds is 16. The average Bonchev–Trinajstić information content (AvgIpc) is 2.98. The molecule has 0 saturated heterocycles. The number of hydrogen-bond acceptors (Lipinski definition) is 6. The summed E-state index contributed by atoms with van der Waals surface area (Å²) in [5.74, 6) is 0.242. The first-order valence-corrected chi connectivity index (χ1v) is 13.4. The molecule has 0 radical (unpaired) electrons. The maximum atomic E-state index is 12.5. The zero-order valence-electron chi connectivity index (χ0n) is 22.3. The fourth-order valence-electron chi connectivity index (χ4n) is 4.04. The highest BCUT2D eigenvalue weighted by atomic mass is 16.5. The van der Waals surface area contributed by atoms with Gasteiger partial charge in [-0.1, -0.05) is 81.5 Å². The lowest BCUT2D eigenvalue weighted by molar-refractivity contribution is -0.137. The molecule has 6 nitrogen and oxygen atoms in total. The van der Waals surface area contributed by atoms with Crippen LogP contribution in [0, 0.1) is 11.3 Å². The molecule has 0 atom stereocenters. The number of carbonyl (C=O) groups is 2. The molecule has 0 aliphatic rings. The first-order chi connectivity index (χ1) is 19.1. The summed E-state index contributed by atoms with van der Waals surface area (Å²) in [6.45, 7) is 4.55. The summed E-state index contributed by atoms with van der Waals surface area (Å²) in [6, 6.07) is 23.8. The average molecular weight is 526 g/mol. The molecule has 0 aromatic heterocycles. The molecule has 6 heteroatoms. The predicted molar refractivity (Wildman–Crippen MR) is 152 cm³/mol. The number of carbonyl (C=O) groups excluding carboxylic acids is 2. The summed E-state index contributed by atoms with van der Waals surface area (Å²) in [7, 11) is 0. The van der Waals surface area contributed by atoms with Gasteiger partial charge in [0.2, 0.25) is 0 Å². The van der Waals surface area contributed by atoms with Crippen LogP contribution in [0.2, 0.25) is 0 Å². The third-order valence-corrected chi connectivity index (χ3v) is 6.24. The smallest absolute Gasteiger partial charge is 0.343 e. The van der Waals surface area contributed by atoms with Crippen molar-refractivity contribution < 1.29 is 23.8 Å². The van der Waals surface area contributed by atoms with E-state index in [1.807, 2.05) is 42.5 Å². The SMILES string of the molecule is C=CC(=O)OCCCCCCCCCCOc1ccc(-c2ccc(C(=O)Oc3ccccc3C#N)cc2)cc1. The lowest BCUT2D eigenvalue weighted by atomic mass is 10.0. The predicted octanol–water partition coefficient (Wildman–Crippen LogP) is 7.67. The van der Waals surface area contributed by atoms with Gasteiger partial charge in [0, 0.05) is 6.08 Å². The molecule has 0 fully saturated rings. The third kappa shape index (κ3) is 10.1. The Morgan fingerprint density at radius 2 is 1.31 bits per heavy atom. The standard InChI is InChI=1S/C33H35NO5/c1-2-32(35)38-24-12-8-6-4-3-5-7-11-23-37-30-21-19-27(20-22-30)26-15-17-28(18-16-26)33(36)39-31-14-10-9-13-29(31)25-34/h2,9-10,13-22H,1,3-8,11-12,23-24H2. The van der Waals surface area contributed by atoms with Crippen LogP contribution < -0.4 is 9.47 Å². The Morgan fingerprint density at radius 3 is 1.92 bits per heavy atom. The van der Waals surface area contributed by atoms with E-state index in [9.17, 15) is 9.59 Å². The number of unbranched alkanes of at least 4 members (excludes halogenated alkanes) is 7. The summed E-state index contributed by atoms with van der Waals surface area (Å²) < 4.78 is 16.3. The summed E-state index contributed by atoms with van der Waals surface area (Å²) in [6.07, 6.45) is 10.1. The van der Waals surface area contributed by atoms with Crippen LogP contribution in [0.3, 0.4) is 0 Å². The molecule has 3 aromatic carbocycles. The Hall–Kier alpha value is -4.37. The molecule has 0 spiro atoms. The van der Waals surface area contributed by atoms with Gasteiger partial charge in [0.15, 0.2) is 0 Å². The number of nitrogens with zero attached hydrogens (tertiary/aromatic N) is 1. The number of ether oxygens (including phenoxy) is 3. The van der Waals surface area contributed by atoms with Crippen LogP contribution in [0.4, 0.5) is 0 Å². The third-order valence-electron chi connectivity index (χ3n) is 6.24. The molecule has 0 amide bonds. The highest BCUT2D eigenvalue weighted by Crippen LogP contribution is 2.24. The van der Waals surface area contributed by atoms with E-state index >= 15 is 0 Å². The molecule has 0 aliphatic heterocycles. The van der Waals surface area contributed by atoms with Crippen LogP contribution in [0.15, 0.2) is 85.5 Å². The van der Waals surface area contributed by atoms with E-state index in [1.54, 1.807) is 36.4 Å². The second-order valence-corrected chi connectivity index (χ2v) is 9.15. The number of para-hydroxylation sites is 1. The molecule has 0 N–H and O–H groups in total. The Labute approximate surface area is 230 Å². The van der Waals surface area contributed by atoms with E-state index in [0.29, 0.717) is 24.3 Å². The number of esters is 2. The lowest BCUT2D eigenvalue weighted by Gasteiger charge is -2.09. The summed E-state index contributed by atoms with van der Waals surface area (Å²) >= 11 is 0. The Kier molecular flexibility index (Phi) is 12.3. The summed E-state index contributed by atoms with van der Waals surface area (Å²) in [5, 5.41) is 9.17. The minimum Gasteiger partial charge on any atom is -0.494 e. The monoisotopic (exact) mass is 525 g/mol. The van der Waals surface area contributed by atoms with Crippen molar-refractivity contribution in [1.29, 1.82) is 5.26 Å². The molecule has 0 bridgehead atoms. The molecule has 3 aromatic rings. The summed E-state index contributed by atoms with van der Waals surface area (Å²) in [5.41, 5.74) is 2.74. The molecule has 0 unspecified atom stereocenters. The molecule has 0 saturated carbocycles. The zero-order valence-corrected chi connectivity index (χ0v) is 22.3. The van der Waals surface area contributed by atoms with Gasteiger partial charge in [-0.25, -0.2) is 9.59 Å². The van der Waals surface area contributed by atoms with E-state index in [4.69, 9.17) is 19.5 Å². The molecular formula is C33H35NO5. The highest BCUT2D eigenvalue weighted by Gasteiger charge is 2.11. The molecule has 39 heavy (non-hydrogen) atoms. The summed E-state index contributed by atoms with van der Waals surface area (Å²) in [4.78, 5) is 23.4. The van der Waals surface area contributed by atoms with Gasteiger partial charge in [-0.3, -0.25) is 0 Å². The van der Waals surface area contributed by atoms with Crippen LogP contribution in [0.25, 0.3) is 11.1 Å². The lowest BCUT2D eigenvalue weighted by Crippen LogP contribution is -2.09. The maximum absolute atomic E-state index is 12.5. The topological polar surface area (TPSA) is 85.6 Å². The fraction of sp³-hybridized carbons (Fsp3) is 0.303. The van der Waals surface area contributed by atoms with Crippen molar-refractivity contribution in [2.75, 3.05) is 13.2 Å². The Balaban J connectivity index is 1.31. The second kappa shape index (κ2) is 16.5. The van der Waals surface area contributed by atoms with Crippen LogP contribution in [-0.2, 0) is 9.53 Å². The van der Waals surface area contributed by atoms with Crippen molar-refractivity contribution in [3.05, 3.63) is 96.6 Å². The van der Waals surface area contributed by atoms with Gasteiger partial charge in [0.1, 0.15) is 17.6 Å². The molecule has 202 valence electrons. The van der Waals surface area contributed by atoms with Gasteiger partial charge < -0.3 is 14.2 Å². The normalized spacial score (nSPS) is 10.3. The maximum Gasteiger partial charge on any atom is 0.343 e. The first-order valence-electron chi connectivity index (χ1n) is 13.4. The zero-order chi connectivity index (χ0) is 27.7. The Bertz CT molecular complexity index is 1240. The second-order valence-electron chi connectivity index (χ2n) is 9.15. The van der Waals surface area contributed by atoms with Crippen molar-refractivity contribution in [1.82, 2.24) is 0 Å². The molecule has 0 aliphatic carbocycles. The first kappa shape index (κ1) is 29.2. The van der Waals surface area contributed by atoms with E-state index < -0.39 is 5.97 Å². The number of benzene rings is 3. The molecule has 0 heterocycles. The fourth-order valence-corrected chi connectivity index (χ4v) is 4.04. The van der Waals surface area contributed by atoms with Crippen LogP contribution >= 0.6 is 0 Å². The highest BCUT2D eigenvalue weighted by molar-refractivity contribution is 5.92. The van der Waals surface area contributed by atoms with E-state index in [1.165, 1.54) is 25.3 Å². The van der Waals surface area contributed by atoms with Crippen molar-refractivity contribution in [3.63, 3.8) is 0 Å². The van der Waals surface area contributed by atoms with Crippen molar-refractivity contribution in [2.24, 2.45) is 0 Å². The van der Waals surface area contributed by atoms with Gasteiger partial charge in [0.25, 0.3) is 0 Å². The van der Waals surface area contributed by atoms with Gasteiger partial charge >= 0.3 is 11.9 Å². The van der Waals surface area contributed by atoms with E-state index in [-0.39, 0.29) is 11.7 Å². The van der Waals surface area contributed by atoms with E-state index in [2.05, 4.69) is 6.58 Å². The van der Waals surface area contributed by atoms with Gasteiger partial charge in [-0.2, -0.15) is 5.26 Å². The van der Waals surface area contributed by atoms with Crippen molar-refractivity contribution >= 4 is 11.9 Å².